The third kappa shape index (κ3) is 6.32. The average Bonchev–Trinajstić information content (AvgIpc) is 2.54. The summed E-state index contributed by atoms with van der Waals surface area (Å²) in [6.07, 6.45) is 3.86. The van der Waals surface area contributed by atoms with Gasteiger partial charge in [-0.25, -0.2) is 4.79 Å². The molecule has 0 amide bonds. The van der Waals surface area contributed by atoms with E-state index >= 15 is 0 Å². The van der Waals surface area contributed by atoms with Crippen LogP contribution in [0.1, 0.15) is 49.0 Å². The first-order valence-corrected chi connectivity index (χ1v) is 8.80. The fourth-order valence-corrected chi connectivity index (χ4v) is 3.04. The molecular weight excluding hydrogens is 288 g/mol. The number of hydrogen-bond acceptors (Lipinski definition) is 3. The van der Waals surface area contributed by atoms with E-state index in [0.717, 1.165) is 30.5 Å². The maximum atomic E-state index is 10.8. The Bertz CT molecular complexity index is 477. The van der Waals surface area contributed by atoms with Gasteiger partial charge in [0.2, 0.25) is 0 Å². The van der Waals surface area contributed by atoms with Gasteiger partial charge in [-0.15, -0.1) is 0 Å². The summed E-state index contributed by atoms with van der Waals surface area (Å²) >= 11 is 0. The molecule has 0 saturated carbocycles. The lowest BCUT2D eigenvalue weighted by atomic mass is 9.96. The molecule has 0 atom stereocenters. The molecule has 2 rings (SSSR count). The van der Waals surface area contributed by atoms with E-state index in [1.54, 1.807) is 12.1 Å². The summed E-state index contributed by atoms with van der Waals surface area (Å²) < 4.78 is 0. The zero-order valence-electron chi connectivity index (χ0n) is 14.4. The van der Waals surface area contributed by atoms with Gasteiger partial charge in [0, 0.05) is 6.54 Å². The Hall–Kier alpha value is -1.39. The molecule has 0 aromatic heterocycles. The summed E-state index contributed by atoms with van der Waals surface area (Å²) in [4.78, 5) is 13.4. The zero-order chi connectivity index (χ0) is 16.7. The third-order valence-electron chi connectivity index (χ3n) is 4.69. The molecule has 4 nitrogen and oxygen atoms in total. The highest BCUT2D eigenvalue weighted by molar-refractivity contribution is 5.87. The van der Waals surface area contributed by atoms with Gasteiger partial charge in [0.25, 0.3) is 0 Å². The molecule has 1 aromatic rings. The molecule has 0 spiro atoms. The second-order valence-electron chi connectivity index (χ2n) is 7.10. The van der Waals surface area contributed by atoms with Gasteiger partial charge >= 0.3 is 5.97 Å². The minimum Gasteiger partial charge on any atom is -0.478 e. The van der Waals surface area contributed by atoms with Crippen molar-refractivity contribution in [3.05, 3.63) is 35.4 Å². The van der Waals surface area contributed by atoms with Crippen molar-refractivity contribution in [2.24, 2.45) is 11.8 Å². The summed E-state index contributed by atoms with van der Waals surface area (Å²) in [6.45, 7) is 10.2. The Morgan fingerprint density at radius 3 is 2.48 bits per heavy atom. The standard InChI is InChI=1S/C19H30N2O2/c1-15(2)7-10-21-11-8-17(9-12-21)14-20-13-16-3-5-18(6-4-16)19(22)23/h3-6,15,17,20H,7-14H2,1-2H3,(H,22,23). The van der Waals surface area contributed by atoms with Crippen molar-refractivity contribution >= 4 is 5.97 Å². The van der Waals surface area contributed by atoms with Crippen molar-refractivity contribution in [3.8, 4) is 0 Å². The van der Waals surface area contributed by atoms with Gasteiger partial charge in [-0.1, -0.05) is 26.0 Å². The molecule has 23 heavy (non-hydrogen) atoms. The molecule has 0 unspecified atom stereocenters. The number of nitrogens with zero attached hydrogens (tertiary/aromatic N) is 1. The Labute approximate surface area is 139 Å². The van der Waals surface area contributed by atoms with E-state index in [1.165, 1.54) is 38.9 Å². The Morgan fingerprint density at radius 2 is 1.91 bits per heavy atom. The first-order valence-electron chi connectivity index (χ1n) is 8.80. The summed E-state index contributed by atoms with van der Waals surface area (Å²) in [5.41, 5.74) is 1.49. The van der Waals surface area contributed by atoms with E-state index < -0.39 is 5.97 Å². The molecule has 4 heteroatoms. The quantitative estimate of drug-likeness (QED) is 0.772. The topological polar surface area (TPSA) is 52.6 Å². The minimum absolute atomic E-state index is 0.350. The largest absolute Gasteiger partial charge is 0.478 e. The number of hydrogen-bond donors (Lipinski definition) is 2. The minimum atomic E-state index is -0.867. The highest BCUT2D eigenvalue weighted by Crippen LogP contribution is 2.17. The predicted octanol–water partition coefficient (Wildman–Crippen LogP) is 3.23. The van der Waals surface area contributed by atoms with Crippen LogP contribution in [0.25, 0.3) is 0 Å². The predicted molar refractivity (Wildman–Crippen MR) is 93.7 cm³/mol. The lowest BCUT2D eigenvalue weighted by molar-refractivity contribution is 0.0697. The number of aromatic carboxylic acids is 1. The van der Waals surface area contributed by atoms with Crippen LogP contribution >= 0.6 is 0 Å². The average molecular weight is 318 g/mol. The third-order valence-corrected chi connectivity index (χ3v) is 4.69. The lowest BCUT2D eigenvalue weighted by Gasteiger charge is -2.32. The van der Waals surface area contributed by atoms with E-state index in [1.807, 2.05) is 12.1 Å². The highest BCUT2D eigenvalue weighted by atomic mass is 16.4. The van der Waals surface area contributed by atoms with Gasteiger partial charge in [-0.2, -0.15) is 0 Å². The smallest absolute Gasteiger partial charge is 0.335 e. The van der Waals surface area contributed by atoms with Crippen LogP contribution in [0.15, 0.2) is 24.3 Å². The molecule has 1 fully saturated rings. The SMILES string of the molecule is CC(C)CCN1CCC(CNCc2ccc(C(=O)O)cc2)CC1. The fourth-order valence-electron chi connectivity index (χ4n) is 3.04. The molecule has 0 aliphatic carbocycles. The van der Waals surface area contributed by atoms with Crippen molar-refractivity contribution < 1.29 is 9.90 Å². The maximum absolute atomic E-state index is 10.8. The molecule has 0 bridgehead atoms. The molecule has 2 N–H and O–H groups in total. The number of likely N-dealkylation sites (tertiary alicyclic amines) is 1. The Kier molecular flexibility index (Phi) is 7.06. The van der Waals surface area contributed by atoms with Crippen molar-refractivity contribution in [1.29, 1.82) is 0 Å². The molecule has 1 heterocycles. The van der Waals surface area contributed by atoms with Gasteiger partial charge in [0.05, 0.1) is 5.56 Å². The molecule has 128 valence electrons. The van der Waals surface area contributed by atoms with Crippen molar-refractivity contribution in [2.45, 2.75) is 39.7 Å². The number of carbonyl (C=O) groups is 1. The number of carboxylic acid groups (broad SMARTS) is 1. The molecule has 1 saturated heterocycles. The summed E-state index contributed by atoms with van der Waals surface area (Å²) in [5, 5.41) is 12.4. The normalized spacial score (nSPS) is 16.8. The van der Waals surface area contributed by atoms with E-state index in [9.17, 15) is 4.79 Å². The van der Waals surface area contributed by atoms with E-state index in [0.29, 0.717) is 5.56 Å². The summed E-state index contributed by atoms with van der Waals surface area (Å²) in [7, 11) is 0. The number of benzene rings is 1. The first-order chi connectivity index (χ1) is 11.0. The first kappa shape index (κ1) is 18.0. The second kappa shape index (κ2) is 9.04. The molecular formula is C19H30N2O2. The maximum Gasteiger partial charge on any atom is 0.335 e. The number of carboxylic acids is 1. The molecule has 1 aliphatic heterocycles. The van der Waals surface area contributed by atoms with Crippen LogP contribution in [0, 0.1) is 11.8 Å². The molecule has 1 aromatic carbocycles. The van der Waals surface area contributed by atoms with Crippen LogP contribution in [0.2, 0.25) is 0 Å². The van der Waals surface area contributed by atoms with Crippen LogP contribution in [0.5, 0.6) is 0 Å². The van der Waals surface area contributed by atoms with Crippen molar-refractivity contribution in [2.75, 3.05) is 26.2 Å². The van der Waals surface area contributed by atoms with E-state index in [4.69, 9.17) is 5.11 Å². The van der Waals surface area contributed by atoms with Crippen molar-refractivity contribution in [1.82, 2.24) is 10.2 Å². The monoisotopic (exact) mass is 318 g/mol. The van der Waals surface area contributed by atoms with Gasteiger partial charge < -0.3 is 15.3 Å². The summed E-state index contributed by atoms with van der Waals surface area (Å²) in [5.74, 6) is 0.694. The van der Waals surface area contributed by atoms with Gasteiger partial charge in [-0.3, -0.25) is 0 Å². The molecule has 1 aliphatic rings. The lowest BCUT2D eigenvalue weighted by Crippen LogP contribution is -2.37. The highest BCUT2D eigenvalue weighted by Gasteiger charge is 2.18. The van der Waals surface area contributed by atoms with Crippen LogP contribution in [0.4, 0.5) is 0 Å². The fraction of sp³-hybridized carbons (Fsp3) is 0.632. The van der Waals surface area contributed by atoms with Crippen LogP contribution < -0.4 is 5.32 Å². The van der Waals surface area contributed by atoms with Crippen LogP contribution in [-0.2, 0) is 6.54 Å². The van der Waals surface area contributed by atoms with E-state index in [2.05, 4.69) is 24.1 Å². The van der Waals surface area contributed by atoms with Crippen molar-refractivity contribution in [3.63, 3.8) is 0 Å². The summed E-state index contributed by atoms with van der Waals surface area (Å²) in [6, 6.07) is 7.13. The van der Waals surface area contributed by atoms with Crippen LogP contribution in [-0.4, -0.2) is 42.2 Å². The van der Waals surface area contributed by atoms with Gasteiger partial charge in [-0.05, 0) is 75.0 Å². The Morgan fingerprint density at radius 1 is 1.26 bits per heavy atom. The van der Waals surface area contributed by atoms with Gasteiger partial charge in [0.1, 0.15) is 0 Å². The molecule has 0 radical (unpaired) electrons. The second-order valence-corrected chi connectivity index (χ2v) is 7.10. The van der Waals surface area contributed by atoms with E-state index in [-0.39, 0.29) is 0 Å². The van der Waals surface area contributed by atoms with Gasteiger partial charge in [0.15, 0.2) is 0 Å². The number of nitrogens with one attached hydrogen (secondary N) is 1. The Balaban J connectivity index is 1.63. The van der Waals surface area contributed by atoms with Crippen LogP contribution in [0.3, 0.4) is 0 Å². The zero-order valence-corrected chi connectivity index (χ0v) is 14.4. The number of piperidine rings is 1. The number of rotatable bonds is 8.